The largest absolute Gasteiger partial charge is 0.368 e. The molecule has 0 aromatic heterocycles. The SMILES string of the molecule is C[C@H](NC[C@@H](Cl)CN1C[C@H]2CCCC[C@H]2C[C@H]1C(N)=O)c1ccc(Cl)cc1. The summed E-state index contributed by atoms with van der Waals surface area (Å²) in [6.45, 7) is 4.45. The third-order valence-corrected chi connectivity index (χ3v) is 6.82. The molecule has 2 aliphatic rings. The molecule has 1 aliphatic carbocycles. The maximum absolute atomic E-state index is 12.0. The van der Waals surface area contributed by atoms with Crippen LogP contribution < -0.4 is 11.1 Å². The van der Waals surface area contributed by atoms with Crippen LogP contribution in [0.2, 0.25) is 5.02 Å². The van der Waals surface area contributed by atoms with Crippen LogP contribution in [0.15, 0.2) is 24.3 Å². The van der Waals surface area contributed by atoms with Gasteiger partial charge in [-0.3, -0.25) is 9.69 Å². The number of benzene rings is 1. The fourth-order valence-corrected chi connectivity index (χ4v) is 5.08. The molecule has 0 spiro atoms. The van der Waals surface area contributed by atoms with Gasteiger partial charge in [-0.2, -0.15) is 0 Å². The van der Waals surface area contributed by atoms with Crippen molar-refractivity contribution in [2.75, 3.05) is 19.6 Å². The molecule has 1 aromatic carbocycles. The van der Waals surface area contributed by atoms with Gasteiger partial charge in [-0.15, -0.1) is 11.6 Å². The van der Waals surface area contributed by atoms with E-state index in [0.717, 1.165) is 18.0 Å². The highest BCUT2D eigenvalue weighted by Gasteiger charge is 2.39. The molecule has 5 atom stereocenters. The smallest absolute Gasteiger partial charge is 0.234 e. The number of carbonyl (C=O) groups is 1. The highest BCUT2D eigenvalue weighted by molar-refractivity contribution is 6.30. The summed E-state index contributed by atoms with van der Waals surface area (Å²) in [4.78, 5) is 14.2. The number of likely N-dealkylation sites (tertiary alicyclic amines) is 1. The van der Waals surface area contributed by atoms with Crippen LogP contribution >= 0.6 is 23.2 Å². The number of fused-ring (bicyclic) bond motifs is 1. The first kappa shape index (κ1) is 20.9. The predicted octanol–water partition coefficient (Wildman–Crippen LogP) is 3.96. The zero-order chi connectivity index (χ0) is 19.4. The van der Waals surface area contributed by atoms with Gasteiger partial charge in [-0.05, 0) is 49.3 Å². The minimum atomic E-state index is -0.203. The Morgan fingerprint density at radius 1 is 1.26 bits per heavy atom. The Labute approximate surface area is 172 Å². The highest BCUT2D eigenvalue weighted by atomic mass is 35.5. The quantitative estimate of drug-likeness (QED) is 0.667. The molecule has 1 saturated heterocycles. The van der Waals surface area contributed by atoms with Crippen molar-refractivity contribution in [3.8, 4) is 0 Å². The Morgan fingerprint density at radius 2 is 1.93 bits per heavy atom. The lowest BCUT2D eigenvalue weighted by atomic mass is 9.73. The molecule has 6 heteroatoms. The van der Waals surface area contributed by atoms with Crippen LogP contribution in [0.25, 0.3) is 0 Å². The molecule has 3 N–H and O–H groups in total. The van der Waals surface area contributed by atoms with Crippen molar-refractivity contribution >= 4 is 29.1 Å². The van der Waals surface area contributed by atoms with E-state index >= 15 is 0 Å². The second kappa shape index (κ2) is 9.60. The minimum Gasteiger partial charge on any atom is -0.368 e. The van der Waals surface area contributed by atoms with E-state index in [2.05, 4.69) is 17.1 Å². The number of rotatable bonds is 7. The van der Waals surface area contributed by atoms with E-state index in [9.17, 15) is 4.79 Å². The molecular formula is C21H31Cl2N3O. The molecule has 27 heavy (non-hydrogen) atoms. The highest BCUT2D eigenvalue weighted by Crippen LogP contribution is 2.38. The Hall–Kier alpha value is -0.810. The van der Waals surface area contributed by atoms with Crippen molar-refractivity contribution in [1.29, 1.82) is 0 Å². The Kier molecular flexibility index (Phi) is 7.43. The number of hydrogen-bond acceptors (Lipinski definition) is 3. The van der Waals surface area contributed by atoms with Crippen LogP contribution in [-0.4, -0.2) is 41.9 Å². The lowest BCUT2D eigenvalue weighted by Crippen LogP contribution is -2.55. The van der Waals surface area contributed by atoms with Gasteiger partial charge in [0.15, 0.2) is 0 Å². The van der Waals surface area contributed by atoms with Gasteiger partial charge >= 0.3 is 0 Å². The van der Waals surface area contributed by atoms with Crippen LogP contribution in [0, 0.1) is 11.8 Å². The Morgan fingerprint density at radius 3 is 2.59 bits per heavy atom. The van der Waals surface area contributed by atoms with Gasteiger partial charge in [-0.25, -0.2) is 0 Å². The number of carbonyl (C=O) groups excluding carboxylic acids is 1. The molecule has 0 bridgehead atoms. The maximum atomic E-state index is 12.0. The molecule has 0 radical (unpaired) electrons. The van der Waals surface area contributed by atoms with Gasteiger partial charge in [0.1, 0.15) is 0 Å². The van der Waals surface area contributed by atoms with E-state index < -0.39 is 0 Å². The number of nitrogens with two attached hydrogens (primary N) is 1. The van der Waals surface area contributed by atoms with Gasteiger partial charge < -0.3 is 11.1 Å². The Balaban J connectivity index is 1.52. The van der Waals surface area contributed by atoms with Crippen LogP contribution in [0.4, 0.5) is 0 Å². The van der Waals surface area contributed by atoms with Crippen molar-refractivity contribution in [2.45, 2.75) is 56.5 Å². The lowest BCUT2D eigenvalue weighted by Gasteiger charge is -2.45. The molecule has 1 amide bonds. The number of nitrogens with one attached hydrogen (secondary N) is 1. The third-order valence-electron chi connectivity index (χ3n) is 6.28. The van der Waals surface area contributed by atoms with Crippen molar-refractivity contribution in [2.24, 2.45) is 17.6 Å². The number of halogens is 2. The van der Waals surface area contributed by atoms with Crippen molar-refractivity contribution < 1.29 is 4.79 Å². The second-order valence-electron chi connectivity index (χ2n) is 8.19. The molecule has 2 fully saturated rings. The molecule has 1 saturated carbocycles. The van der Waals surface area contributed by atoms with Crippen LogP contribution in [0.1, 0.15) is 50.6 Å². The first-order valence-corrected chi connectivity index (χ1v) is 10.9. The molecule has 4 nitrogen and oxygen atoms in total. The summed E-state index contributed by atoms with van der Waals surface area (Å²) in [6, 6.07) is 7.89. The summed E-state index contributed by atoms with van der Waals surface area (Å²) in [5, 5.41) is 4.16. The fourth-order valence-electron chi connectivity index (χ4n) is 4.69. The van der Waals surface area contributed by atoms with Crippen LogP contribution in [0.5, 0.6) is 0 Å². The lowest BCUT2D eigenvalue weighted by molar-refractivity contribution is -0.126. The number of nitrogens with zero attached hydrogens (tertiary/aromatic N) is 1. The number of amides is 1. The van der Waals surface area contributed by atoms with Crippen LogP contribution in [0.3, 0.4) is 0 Å². The monoisotopic (exact) mass is 411 g/mol. The van der Waals surface area contributed by atoms with Gasteiger partial charge in [0.2, 0.25) is 5.91 Å². The summed E-state index contributed by atoms with van der Waals surface area (Å²) in [6.07, 6.45) is 6.01. The average molecular weight is 412 g/mol. The van der Waals surface area contributed by atoms with Crippen molar-refractivity contribution in [1.82, 2.24) is 10.2 Å². The van der Waals surface area contributed by atoms with Crippen LogP contribution in [-0.2, 0) is 4.79 Å². The standard InChI is InChI=1S/C21H31Cl2N3O/c1-14(15-6-8-18(22)9-7-15)25-11-19(23)13-26-12-17-5-3-2-4-16(17)10-20(26)21(24)27/h6-9,14,16-17,19-20,25H,2-5,10-13H2,1H3,(H2,24,27)/t14-,16-,17+,19+,20-/m0/s1. The van der Waals surface area contributed by atoms with E-state index in [1.807, 2.05) is 24.3 Å². The molecule has 1 heterocycles. The molecule has 3 rings (SSSR count). The molecule has 0 unspecified atom stereocenters. The van der Waals surface area contributed by atoms with Gasteiger partial charge in [0.05, 0.1) is 11.4 Å². The minimum absolute atomic E-state index is 0.0678. The molecular weight excluding hydrogens is 381 g/mol. The third kappa shape index (κ3) is 5.60. The van der Waals surface area contributed by atoms with E-state index in [-0.39, 0.29) is 23.4 Å². The second-order valence-corrected chi connectivity index (χ2v) is 9.24. The Bertz CT molecular complexity index is 624. The number of alkyl halides is 1. The molecule has 150 valence electrons. The summed E-state index contributed by atoms with van der Waals surface area (Å²) in [5.41, 5.74) is 6.90. The zero-order valence-corrected chi connectivity index (χ0v) is 17.6. The van der Waals surface area contributed by atoms with E-state index in [4.69, 9.17) is 28.9 Å². The number of piperidine rings is 1. The first-order chi connectivity index (χ1) is 12.9. The zero-order valence-electron chi connectivity index (χ0n) is 16.0. The van der Waals surface area contributed by atoms with Gasteiger partial charge in [-0.1, -0.05) is 43.0 Å². The summed E-state index contributed by atoms with van der Waals surface area (Å²) < 4.78 is 0. The molecule has 1 aliphatic heterocycles. The van der Waals surface area contributed by atoms with E-state index in [0.29, 0.717) is 24.9 Å². The molecule has 1 aromatic rings. The number of primary amides is 1. The topological polar surface area (TPSA) is 58.4 Å². The van der Waals surface area contributed by atoms with Gasteiger partial charge in [0.25, 0.3) is 0 Å². The summed E-state index contributed by atoms with van der Waals surface area (Å²) in [5.74, 6) is 1.15. The van der Waals surface area contributed by atoms with E-state index in [1.165, 1.54) is 31.2 Å². The van der Waals surface area contributed by atoms with Gasteiger partial charge in [0, 0.05) is 30.7 Å². The summed E-state index contributed by atoms with van der Waals surface area (Å²) in [7, 11) is 0. The number of hydrogen-bond donors (Lipinski definition) is 2. The van der Waals surface area contributed by atoms with Crippen molar-refractivity contribution in [3.05, 3.63) is 34.9 Å². The normalized spacial score (nSPS) is 28.3. The average Bonchev–Trinajstić information content (AvgIpc) is 2.66. The predicted molar refractivity (Wildman–Crippen MR) is 112 cm³/mol. The van der Waals surface area contributed by atoms with E-state index in [1.54, 1.807) is 0 Å². The first-order valence-electron chi connectivity index (χ1n) is 10.1. The summed E-state index contributed by atoms with van der Waals surface area (Å²) >= 11 is 12.6. The maximum Gasteiger partial charge on any atom is 0.234 e. The fraction of sp³-hybridized carbons (Fsp3) is 0.667. The van der Waals surface area contributed by atoms with Crippen molar-refractivity contribution in [3.63, 3.8) is 0 Å².